The van der Waals surface area contributed by atoms with E-state index in [0.29, 0.717) is 0 Å². The van der Waals surface area contributed by atoms with Crippen LogP contribution in [-0.4, -0.2) is 16.9 Å². The maximum atomic E-state index is 5.93. The molecule has 0 aliphatic heterocycles. The fourth-order valence-corrected chi connectivity index (χ4v) is 3.88. The molecule has 0 aliphatic rings. The van der Waals surface area contributed by atoms with E-state index in [1.165, 1.54) is 4.88 Å². The first-order valence-electron chi connectivity index (χ1n) is 7.21. The van der Waals surface area contributed by atoms with Crippen LogP contribution in [0.3, 0.4) is 0 Å². The third kappa shape index (κ3) is 3.99. The Balaban J connectivity index is 2.05. The summed E-state index contributed by atoms with van der Waals surface area (Å²) >= 11 is 9.23. The number of rotatable bonds is 4. The van der Waals surface area contributed by atoms with Crippen molar-refractivity contribution in [2.75, 3.05) is 0 Å². The molecule has 3 aromatic rings. The SMILES string of the molecule is CC(C)N=c1scc(-c2cccs2)n1N=Cc1ccc(Cl)cc1. The summed E-state index contributed by atoms with van der Waals surface area (Å²) in [5.41, 5.74) is 2.07. The molecule has 0 unspecified atom stereocenters. The molecule has 2 heterocycles. The fourth-order valence-electron chi connectivity index (χ4n) is 1.99. The molecule has 2 aromatic heterocycles. The normalized spacial score (nSPS) is 12.6. The Hall–Kier alpha value is -1.69. The standard InChI is InChI=1S/C17H16ClN3S2/c1-12(2)20-17-21(15(11-23-17)16-4-3-9-22-16)19-10-13-5-7-14(18)8-6-13/h3-12H,1-2H3. The average molecular weight is 362 g/mol. The quantitative estimate of drug-likeness (QED) is 0.577. The Morgan fingerprint density at radius 3 is 2.57 bits per heavy atom. The van der Waals surface area contributed by atoms with Crippen LogP contribution in [0.4, 0.5) is 0 Å². The minimum absolute atomic E-state index is 0.224. The summed E-state index contributed by atoms with van der Waals surface area (Å²) in [6.07, 6.45) is 1.83. The first-order valence-corrected chi connectivity index (χ1v) is 9.35. The molecule has 3 rings (SSSR count). The van der Waals surface area contributed by atoms with Gasteiger partial charge in [-0.15, -0.1) is 22.7 Å². The predicted octanol–water partition coefficient (Wildman–Crippen LogP) is 5.12. The second kappa shape index (κ2) is 7.25. The van der Waals surface area contributed by atoms with E-state index in [2.05, 4.69) is 40.8 Å². The first kappa shape index (κ1) is 16.2. The van der Waals surface area contributed by atoms with Crippen molar-refractivity contribution in [1.82, 2.24) is 4.68 Å². The third-order valence-electron chi connectivity index (χ3n) is 3.02. The van der Waals surface area contributed by atoms with E-state index < -0.39 is 0 Å². The summed E-state index contributed by atoms with van der Waals surface area (Å²) in [5.74, 6) is 0. The molecule has 118 valence electrons. The molecule has 6 heteroatoms. The zero-order valence-corrected chi connectivity index (χ0v) is 15.2. The highest BCUT2D eigenvalue weighted by molar-refractivity contribution is 7.14. The summed E-state index contributed by atoms with van der Waals surface area (Å²) in [5, 5.41) is 9.54. The van der Waals surface area contributed by atoms with Crippen molar-refractivity contribution in [1.29, 1.82) is 0 Å². The zero-order valence-electron chi connectivity index (χ0n) is 12.8. The van der Waals surface area contributed by atoms with Gasteiger partial charge in [-0.25, -0.2) is 4.68 Å². The van der Waals surface area contributed by atoms with Gasteiger partial charge >= 0.3 is 0 Å². The van der Waals surface area contributed by atoms with Crippen molar-refractivity contribution in [3.63, 3.8) is 0 Å². The largest absolute Gasteiger partial charge is 0.255 e. The van der Waals surface area contributed by atoms with Crippen molar-refractivity contribution in [2.45, 2.75) is 19.9 Å². The van der Waals surface area contributed by atoms with Crippen molar-refractivity contribution in [2.24, 2.45) is 10.1 Å². The van der Waals surface area contributed by atoms with Crippen LogP contribution < -0.4 is 4.80 Å². The number of thiophene rings is 1. The van der Waals surface area contributed by atoms with Gasteiger partial charge in [-0.2, -0.15) is 5.10 Å². The van der Waals surface area contributed by atoms with E-state index in [4.69, 9.17) is 11.6 Å². The number of hydrogen-bond acceptors (Lipinski definition) is 4. The molecule has 3 nitrogen and oxygen atoms in total. The van der Waals surface area contributed by atoms with E-state index in [-0.39, 0.29) is 6.04 Å². The fraction of sp³-hybridized carbons (Fsp3) is 0.176. The highest BCUT2D eigenvalue weighted by Crippen LogP contribution is 2.25. The summed E-state index contributed by atoms with van der Waals surface area (Å²) in [7, 11) is 0. The van der Waals surface area contributed by atoms with E-state index in [1.54, 1.807) is 22.7 Å². The summed E-state index contributed by atoms with van der Waals surface area (Å²) in [6, 6.07) is 12.0. The van der Waals surface area contributed by atoms with Crippen LogP contribution >= 0.6 is 34.3 Å². The second-order valence-corrected chi connectivity index (χ2v) is 7.43. The van der Waals surface area contributed by atoms with Gasteiger partial charge in [-0.3, -0.25) is 4.99 Å². The van der Waals surface area contributed by atoms with Crippen LogP contribution in [0.1, 0.15) is 19.4 Å². The van der Waals surface area contributed by atoms with Crippen molar-refractivity contribution >= 4 is 40.5 Å². The molecule has 0 spiro atoms. The van der Waals surface area contributed by atoms with Gasteiger partial charge in [-0.05, 0) is 43.0 Å². The van der Waals surface area contributed by atoms with E-state index in [9.17, 15) is 0 Å². The molecule has 0 saturated heterocycles. The minimum atomic E-state index is 0.224. The van der Waals surface area contributed by atoms with Crippen molar-refractivity contribution in [3.8, 4) is 10.6 Å². The molecule has 0 bridgehead atoms. The highest BCUT2D eigenvalue weighted by atomic mass is 35.5. The highest BCUT2D eigenvalue weighted by Gasteiger charge is 2.08. The summed E-state index contributed by atoms with van der Waals surface area (Å²) < 4.78 is 1.91. The zero-order chi connectivity index (χ0) is 16.2. The number of thiazole rings is 1. The molecule has 0 atom stereocenters. The van der Waals surface area contributed by atoms with Crippen LogP contribution in [0.5, 0.6) is 0 Å². The van der Waals surface area contributed by atoms with Crippen LogP contribution in [0, 0.1) is 0 Å². The van der Waals surface area contributed by atoms with Gasteiger partial charge in [0.2, 0.25) is 4.80 Å². The van der Waals surface area contributed by atoms with Crippen molar-refractivity contribution in [3.05, 3.63) is 62.5 Å². The molecular weight excluding hydrogens is 346 g/mol. The maximum Gasteiger partial charge on any atom is 0.206 e. The Morgan fingerprint density at radius 1 is 1.13 bits per heavy atom. The van der Waals surface area contributed by atoms with Crippen LogP contribution in [0.2, 0.25) is 5.02 Å². The molecule has 1 aromatic carbocycles. The van der Waals surface area contributed by atoms with Gasteiger partial charge in [0.1, 0.15) is 0 Å². The Labute approximate surface area is 148 Å². The van der Waals surface area contributed by atoms with Crippen LogP contribution in [-0.2, 0) is 0 Å². The summed E-state index contributed by atoms with van der Waals surface area (Å²) in [6.45, 7) is 4.13. The Bertz CT molecular complexity index is 856. The lowest BCUT2D eigenvalue weighted by molar-refractivity contribution is 0.755. The van der Waals surface area contributed by atoms with Crippen molar-refractivity contribution < 1.29 is 0 Å². The Kier molecular flexibility index (Phi) is 5.10. The number of hydrogen-bond donors (Lipinski definition) is 0. The average Bonchev–Trinajstić information content (AvgIpc) is 3.16. The van der Waals surface area contributed by atoms with Gasteiger partial charge in [0.15, 0.2) is 0 Å². The van der Waals surface area contributed by atoms with Crippen LogP contribution in [0.25, 0.3) is 10.6 Å². The maximum absolute atomic E-state index is 5.93. The molecule has 0 N–H and O–H groups in total. The molecule has 23 heavy (non-hydrogen) atoms. The Morgan fingerprint density at radius 2 is 1.91 bits per heavy atom. The predicted molar refractivity (Wildman–Crippen MR) is 101 cm³/mol. The van der Waals surface area contributed by atoms with Gasteiger partial charge in [0, 0.05) is 16.4 Å². The van der Waals surface area contributed by atoms with Crippen LogP contribution in [0.15, 0.2) is 57.3 Å². The molecule has 0 amide bonds. The lowest BCUT2D eigenvalue weighted by Crippen LogP contribution is -2.14. The minimum Gasteiger partial charge on any atom is -0.255 e. The number of nitrogens with zero attached hydrogens (tertiary/aromatic N) is 3. The number of halogens is 1. The van der Waals surface area contributed by atoms with Gasteiger partial charge in [0.25, 0.3) is 0 Å². The monoisotopic (exact) mass is 361 g/mol. The number of aromatic nitrogens is 1. The van der Waals surface area contributed by atoms with E-state index in [1.807, 2.05) is 41.2 Å². The second-order valence-electron chi connectivity index (χ2n) is 5.21. The van der Waals surface area contributed by atoms with Gasteiger partial charge < -0.3 is 0 Å². The first-order chi connectivity index (χ1) is 11.1. The molecule has 0 fully saturated rings. The topological polar surface area (TPSA) is 29.6 Å². The van der Waals surface area contributed by atoms with Gasteiger partial charge in [-0.1, -0.05) is 29.8 Å². The number of benzene rings is 1. The van der Waals surface area contributed by atoms with Gasteiger partial charge in [0.05, 0.1) is 16.8 Å². The molecule has 0 aliphatic carbocycles. The third-order valence-corrected chi connectivity index (χ3v) is 4.99. The molecular formula is C17H16ClN3S2. The smallest absolute Gasteiger partial charge is 0.206 e. The molecule has 0 radical (unpaired) electrons. The summed E-state index contributed by atoms with van der Waals surface area (Å²) in [4.78, 5) is 6.74. The van der Waals surface area contributed by atoms with E-state index >= 15 is 0 Å². The lowest BCUT2D eigenvalue weighted by atomic mass is 10.2. The van der Waals surface area contributed by atoms with E-state index in [0.717, 1.165) is 21.1 Å². The molecule has 0 saturated carbocycles. The lowest BCUT2D eigenvalue weighted by Gasteiger charge is -2.02.